The highest BCUT2D eigenvalue weighted by Crippen LogP contribution is 2.36. The fourth-order valence-corrected chi connectivity index (χ4v) is 4.01. The summed E-state index contributed by atoms with van der Waals surface area (Å²) in [7, 11) is 0. The summed E-state index contributed by atoms with van der Waals surface area (Å²) < 4.78 is 0. The van der Waals surface area contributed by atoms with Crippen LogP contribution in [0, 0.1) is 0 Å². The molecular formula is C20H18N4O2S. The number of carbonyl (C=O) groups excluding carboxylic acids is 2. The summed E-state index contributed by atoms with van der Waals surface area (Å²) in [6, 6.07) is 15.5. The van der Waals surface area contributed by atoms with Gasteiger partial charge in [-0.3, -0.25) is 14.6 Å². The molecule has 1 saturated heterocycles. The van der Waals surface area contributed by atoms with Gasteiger partial charge in [-0.15, -0.1) is 11.3 Å². The van der Waals surface area contributed by atoms with Gasteiger partial charge in [-0.25, -0.2) is 4.98 Å². The van der Waals surface area contributed by atoms with Crippen molar-refractivity contribution in [1.82, 2.24) is 20.2 Å². The highest BCUT2D eigenvalue weighted by atomic mass is 32.1. The van der Waals surface area contributed by atoms with E-state index in [-0.39, 0.29) is 11.8 Å². The van der Waals surface area contributed by atoms with E-state index < -0.39 is 0 Å². The lowest BCUT2D eigenvalue weighted by Crippen LogP contribution is -2.34. The molecule has 2 aromatic heterocycles. The lowest BCUT2D eigenvalue weighted by atomic mass is 10.1. The molecule has 3 heterocycles. The van der Waals surface area contributed by atoms with Gasteiger partial charge in [0.05, 0.1) is 16.3 Å². The quantitative estimate of drug-likeness (QED) is 0.760. The molecule has 0 radical (unpaired) electrons. The summed E-state index contributed by atoms with van der Waals surface area (Å²) in [6.45, 7) is 1.36. The lowest BCUT2D eigenvalue weighted by molar-refractivity contribution is -0.120. The Morgan fingerprint density at radius 3 is 2.67 bits per heavy atom. The van der Waals surface area contributed by atoms with Crippen molar-refractivity contribution >= 4 is 23.2 Å². The molecule has 1 N–H and O–H groups in total. The molecule has 1 aromatic carbocycles. The largest absolute Gasteiger partial charge is 0.354 e. The van der Waals surface area contributed by atoms with E-state index >= 15 is 0 Å². The average molecular weight is 378 g/mol. The molecule has 0 spiro atoms. The van der Waals surface area contributed by atoms with Gasteiger partial charge < -0.3 is 10.2 Å². The maximum atomic E-state index is 13.0. The number of hydrogen-bond donors (Lipinski definition) is 1. The Hall–Kier alpha value is -3.06. The predicted molar refractivity (Wildman–Crippen MR) is 104 cm³/mol. The van der Waals surface area contributed by atoms with E-state index in [1.54, 1.807) is 11.1 Å². The molecule has 1 fully saturated rings. The second-order valence-electron chi connectivity index (χ2n) is 6.17. The van der Waals surface area contributed by atoms with Gasteiger partial charge in [-0.1, -0.05) is 36.4 Å². The van der Waals surface area contributed by atoms with Crippen LogP contribution >= 0.6 is 11.3 Å². The van der Waals surface area contributed by atoms with Crippen molar-refractivity contribution < 1.29 is 9.59 Å². The summed E-state index contributed by atoms with van der Waals surface area (Å²) in [5.41, 5.74) is 2.49. The molecule has 27 heavy (non-hydrogen) atoms. The smallest absolute Gasteiger partial charge is 0.282 e. The standard InChI is InChI=1S/C20H18N4O2S/c25-16-9-12-24(13-11-22-16)20(26)19-23-17(14-6-2-1-3-7-14)18(27-19)15-8-4-5-10-21-15/h1-8,10H,9,11-13H2,(H,22,25). The maximum Gasteiger partial charge on any atom is 0.282 e. The molecule has 2 amide bonds. The second kappa shape index (κ2) is 7.67. The number of nitrogens with zero attached hydrogens (tertiary/aromatic N) is 3. The molecular weight excluding hydrogens is 360 g/mol. The van der Waals surface area contributed by atoms with Crippen LogP contribution in [0.3, 0.4) is 0 Å². The summed E-state index contributed by atoms with van der Waals surface area (Å²) in [5.74, 6) is -0.167. The van der Waals surface area contributed by atoms with Gasteiger partial charge in [-0.05, 0) is 12.1 Å². The first-order valence-corrected chi connectivity index (χ1v) is 9.57. The van der Waals surface area contributed by atoms with Crippen LogP contribution in [0.1, 0.15) is 16.2 Å². The topological polar surface area (TPSA) is 75.2 Å². The molecule has 0 saturated carbocycles. The van der Waals surface area contributed by atoms with Crippen LogP contribution in [0.4, 0.5) is 0 Å². The van der Waals surface area contributed by atoms with Gasteiger partial charge in [0.25, 0.3) is 5.91 Å². The number of rotatable bonds is 3. The van der Waals surface area contributed by atoms with Gasteiger partial charge in [0.1, 0.15) is 0 Å². The Morgan fingerprint density at radius 1 is 1.07 bits per heavy atom. The molecule has 0 unspecified atom stereocenters. The number of aromatic nitrogens is 2. The van der Waals surface area contributed by atoms with Crippen LogP contribution in [0.2, 0.25) is 0 Å². The monoisotopic (exact) mass is 378 g/mol. The van der Waals surface area contributed by atoms with Crippen molar-refractivity contribution in [1.29, 1.82) is 0 Å². The van der Waals surface area contributed by atoms with Crippen molar-refractivity contribution in [3.63, 3.8) is 0 Å². The van der Waals surface area contributed by atoms with E-state index in [9.17, 15) is 9.59 Å². The summed E-state index contributed by atoms with van der Waals surface area (Å²) in [6.07, 6.45) is 2.05. The third-order valence-electron chi connectivity index (χ3n) is 4.35. The first-order chi connectivity index (χ1) is 13.2. The van der Waals surface area contributed by atoms with Crippen molar-refractivity contribution in [3.8, 4) is 21.8 Å². The lowest BCUT2D eigenvalue weighted by Gasteiger charge is -2.17. The van der Waals surface area contributed by atoms with Crippen molar-refractivity contribution in [2.45, 2.75) is 6.42 Å². The first kappa shape index (κ1) is 17.4. The SMILES string of the molecule is O=C1CCN(C(=O)c2nc(-c3ccccc3)c(-c3ccccn3)s2)CCN1. The zero-order valence-corrected chi connectivity index (χ0v) is 15.4. The number of hydrogen-bond acceptors (Lipinski definition) is 5. The Morgan fingerprint density at radius 2 is 1.89 bits per heavy atom. The third-order valence-corrected chi connectivity index (χ3v) is 5.42. The third kappa shape index (κ3) is 3.73. The number of thiazole rings is 1. The van der Waals surface area contributed by atoms with E-state index in [0.29, 0.717) is 31.1 Å². The predicted octanol–water partition coefficient (Wildman–Crippen LogP) is 2.83. The number of carbonyl (C=O) groups is 2. The van der Waals surface area contributed by atoms with Crippen molar-refractivity contribution in [2.24, 2.45) is 0 Å². The van der Waals surface area contributed by atoms with E-state index in [4.69, 9.17) is 0 Å². The van der Waals surface area contributed by atoms with Crippen LogP contribution in [0.25, 0.3) is 21.8 Å². The highest BCUT2D eigenvalue weighted by molar-refractivity contribution is 7.17. The van der Waals surface area contributed by atoms with E-state index in [1.807, 2.05) is 48.5 Å². The van der Waals surface area contributed by atoms with Crippen molar-refractivity contribution in [3.05, 3.63) is 59.7 Å². The Kier molecular flexibility index (Phi) is 4.93. The fourth-order valence-electron chi connectivity index (χ4n) is 2.98. The molecule has 1 aliphatic heterocycles. The molecule has 0 atom stereocenters. The normalized spacial score (nSPS) is 14.5. The highest BCUT2D eigenvalue weighted by Gasteiger charge is 2.25. The molecule has 6 nitrogen and oxygen atoms in total. The van der Waals surface area contributed by atoms with Gasteiger partial charge in [-0.2, -0.15) is 0 Å². The van der Waals surface area contributed by atoms with Gasteiger partial charge >= 0.3 is 0 Å². The Labute approximate surface area is 160 Å². The summed E-state index contributed by atoms with van der Waals surface area (Å²) in [5, 5.41) is 3.21. The van der Waals surface area contributed by atoms with Crippen LogP contribution in [-0.4, -0.2) is 46.3 Å². The van der Waals surface area contributed by atoms with E-state index in [2.05, 4.69) is 15.3 Å². The first-order valence-electron chi connectivity index (χ1n) is 8.76. The molecule has 0 bridgehead atoms. The molecule has 3 aromatic rings. The van der Waals surface area contributed by atoms with Crippen LogP contribution in [0.5, 0.6) is 0 Å². The van der Waals surface area contributed by atoms with Crippen LogP contribution in [-0.2, 0) is 4.79 Å². The number of amides is 2. The summed E-state index contributed by atoms with van der Waals surface area (Å²) >= 11 is 1.35. The van der Waals surface area contributed by atoms with Crippen LogP contribution in [0.15, 0.2) is 54.7 Å². The molecule has 7 heteroatoms. The number of nitrogens with one attached hydrogen (secondary N) is 1. The zero-order chi connectivity index (χ0) is 18.6. The second-order valence-corrected chi connectivity index (χ2v) is 7.17. The minimum atomic E-state index is -0.143. The van der Waals surface area contributed by atoms with Crippen LogP contribution < -0.4 is 5.32 Å². The minimum Gasteiger partial charge on any atom is -0.354 e. The average Bonchev–Trinajstić information content (AvgIpc) is 3.05. The summed E-state index contributed by atoms with van der Waals surface area (Å²) in [4.78, 5) is 36.2. The number of pyridine rings is 1. The molecule has 0 aliphatic carbocycles. The minimum absolute atomic E-state index is 0.0245. The maximum absolute atomic E-state index is 13.0. The molecule has 136 valence electrons. The number of benzene rings is 1. The van der Waals surface area contributed by atoms with Gasteiger partial charge in [0.2, 0.25) is 5.91 Å². The fraction of sp³-hybridized carbons (Fsp3) is 0.200. The van der Waals surface area contributed by atoms with Gasteiger partial charge in [0, 0.05) is 37.8 Å². The molecule has 4 rings (SSSR count). The van der Waals surface area contributed by atoms with E-state index in [0.717, 1.165) is 21.8 Å². The zero-order valence-electron chi connectivity index (χ0n) is 14.6. The Balaban J connectivity index is 1.73. The molecule has 1 aliphatic rings. The van der Waals surface area contributed by atoms with Crippen molar-refractivity contribution in [2.75, 3.05) is 19.6 Å². The van der Waals surface area contributed by atoms with Gasteiger partial charge in [0.15, 0.2) is 5.01 Å². The Bertz CT molecular complexity index is 900. The van der Waals surface area contributed by atoms with E-state index in [1.165, 1.54) is 11.3 Å².